The zero-order valence-corrected chi connectivity index (χ0v) is 15.4. The van der Waals surface area contributed by atoms with Crippen LogP contribution in [-0.2, 0) is 22.5 Å². The van der Waals surface area contributed by atoms with E-state index in [1.807, 2.05) is 56.3 Å². The van der Waals surface area contributed by atoms with Gasteiger partial charge in [0.2, 0.25) is 0 Å². The first kappa shape index (κ1) is 19.0. The Morgan fingerprint density at radius 2 is 1.64 bits per heavy atom. The van der Waals surface area contributed by atoms with Crippen LogP contribution in [0.15, 0.2) is 54.6 Å². The highest BCUT2D eigenvalue weighted by Gasteiger charge is 2.37. The monoisotopic (exact) mass is 341 g/mol. The second kappa shape index (κ2) is 8.67. The van der Waals surface area contributed by atoms with E-state index in [2.05, 4.69) is 17.4 Å². The molecule has 1 N–H and O–H groups in total. The van der Waals surface area contributed by atoms with Crippen molar-refractivity contribution in [2.45, 2.75) is 32.9 Å². The van der Waals surface area contributed by atoms with Gasteiger partial charge in [-0.1, -0.05) is 42.5 Å². The molecule has 0 saturated heterocycles. The van der Waals surface area contributed by atoms with E-state index < -0.39 is 5.41 Å². The maximum Gasteiger partial charge on any atom is 0.312 e. The molecule has 134 valence electrons. The van der Waals surface area contributed by atoms with Crippen molar-refractivity contribution in [1.29, 1.82) is 0 Å². The third-order valence-corrected chi connectivity index (χ3v) is 4.58. The van der Waals surface area contributed by atoms with Gasteiger partial charge in [-0.25, -0.2) is 0 Å². The zero-order valence-electron chi connectivity index (χ0n) is 15.4. The van der Waals surface area contributed by atoms with E-state index in [1.165, 1.54) is 12.7 Å². The summed E-state index contributed by atoms with van der Waals surface area (Å²) in [6, 6.07) is 18.0. The summed E-state index contributed by atoms with van der Waals surface area (Å²) in [5.74, 6) is 0.608. The van der Waals surface area contributed by atoms with E-state index in [-0.39, 0.29) is 12.0 Å². The van der Waals surface area contributed by atoms with Crippen LogP contribution in [0.2, 0.25) is 0 Å². The van der Waals surface area contributed by atoms with Gasteiger partial charge in [0, 0.05) is 12.6 Å². The number of hydrogen-bond donors (Lipinski definition) is 1. The molecule has 0 aromatic heterocycles. The van der Waals surface area contributed by atoms with Crippen LogP contribution >= 0.6 is 0 Å². The summed E-state index contributed by atoms with van der Waals surface area (Å²) in [7, 11) is 3.09. The lowest BCUT2D eigenvalue weighted by molar-refractivity contribution is -0.152. The Labute approximate surface area is 150 Å². The van der Waals surface area contributed by atoms with Crippen LogP contribution in [0.4, 0.5) is 0 Å². The van der Waals surface area contributed by atoms with Crippen molar-refractivity contribution in [2.75, 3.05) is 14.2 Å². The third-order valence-electron chi connectivity index (χ3n) is 4.58. The van der Waals surface area contributed by atoms with Gasteiger partial charge >= 0.3 is 5.97 Å². The Bertz CT molecular complexity index is 665. The van der Waals surface area contributed by atoms with E-state index in [1.54, 1.807) is 7.11 Å². The first-order valence-electron chi connectivity index (χ1n) is 8.46. The molecule has 0 spiro atoms. The fourth-order valence-corrected chi connectivity index (χ4v) is 2.82. The highest BCUT2D eigenvalue weighted by molar-refractivity contribution is 5.76. The molecule has 4 heteroatoms. The number of rotatable bonds is 8. The fraction of sp³-hybridized carbons (Fsp3) is 0.381. The van der Waals surface area contributed by atoms with Gasteiger partial charge in [-0.15, -0.1) is 0 Å². The molecule has 0 aliphatic carbocycles. The standard InChI is InChI=1S/C21H27NO3/c1-21(2,20(23)25-4)19(22-15-17-8-6-5-7-9-17)14-16-10-12-18(24-3)13-11-16/h5-13,19,22H,14-15H2,1-4H3. The number of ether oxygens (including phenoxy) is 2. The number of carbonyl (C=O) groups is 1. The molecule has 1 unspecified atom stereocenters. The van der Waals surface area contributed by atoms with Gasteiger partial charge in [0.15, 0.2) is 0 Å². The highest BCUT2D eigenvalue weighted by atomic mass is 16.5. The van der Waals surface area contributed by atoms with Gasteiger partial charge in [-0.3, -0.25) is 4.79 Å². The summed E-state index contributed by atoms with van der Waals surface area (Å²) in [6.45, 7) is 4.54. The SMILES string of the molecule is COC(=O)C(C)(C)C(Cc1ccc(OC)cc1)NCc1ccccc1. The number of esters is 1. The third kappa shape index (κ3) is 5.07. The number of carbonyl (C=O) groups excluding carboxylic acids is 1. The summed E-state index contributed by atoms with van der Waals surface area (Å²) in [5, 5.41) is 3.54. The van der Waals surface area contributed by atoms with Crippen LogP contribution in [0.25, 0.3) is 0 Å². The topological polar surface area (TPSA) is 47.6 Å². The molecule has 0 aliphatic rings. The van der Waals surface area contributed by atoms with Gasteiger partial charge in [0.05, 0.1) is 19.6 Å². The second-order valence-corrected chi connectivity index (χ2v) is 6.68. The summed E-state index contributed by atoms with van der Waals surface area (Å²) in [5.41, 5.74) is 1.68. The average Bonchev–Trinajstić information content (AvgIpc) is 2.65. The van der Waals surface area contributed by atoms with Crippen molar-refractivity contribution in [3.05, 3.63) is 65.7 Å². The van der Waals surface area contributed by atoms with Crippen LogP contribution in [0.3, 0.4) is 0 Å². The highest BCUT2D eigenvalue weighted by Crippen LogP contribution is 2.26. The minimum atomic E-state index is -0.649. The molecule has 1 atom stereocenters. The second-order valence-electron chi connectivity index (χ2n) is 6.68. The van der Waals surface area contributed by atoms with Crippen molar-refractivity contribution in [3.63, 3.8) is 0 Å². The molecule has 0 aliphatic heterocycles. The molecule has 0 radical (unpaired) electrons. The van der Waals surface area contributed by atoms with E-state index in [0.717, 1.165) is 17.7 Å². The van der Waals surface area contributed by atoms with Crippen molar-refractivity contribution >= 4 is 5.97 Å². The van der Waals surface area contributed by atoms with Crippen molar-refractivity contribution in [1.82, 2.24) is 5.32 Å². The van der Waals surface area contributed by atoms with Crippen molar-refractivity contribution in [3.8, 4) is 5.75 Å². The van der Waals surface area contributed by atoms with Gasteiger partial charge in [-0.05, 0) is 43.5 Å². The Kier molecular flexibility index (Phi) is 6.59. The maximum atomic E-state index is 12.3. The van der Waals surface area contributed by atoms with Crippen molar-refractivity contribution < 1.29 is 14.3 Å². The summed E-state index contributed by atoms with van der Waals surface area (Å²) in [6.07, 6.45) is 0.721. The predicted molar refractivity (Wildman–Crippen MR) is 99.6 cm³/mol. The molecule has 0 amide bonds. The molecule has 0 bridgehead atoms. The number of benzene rings is 2. The summed E-state index contributed by atoms with van der Waals surface area (Å²) < 4.78 is 10.2. The molecule has 4 nitrogen and oxygen atoms in total. The van der Waals surface area contributed by atoms with Crippen molar-refractivity contribution in [2.24, 2.45) is 5.41 Å². The molecular weight excluding hydrogens is 314 g/mol. The van der Waals surface area contributed by atoms with Crippen LogP contribution in [-0.4, -0.2) is 26.2 Å². The molecule has 0 fully saturated rings. The summed E-state index contributed by atoms with van der Waals surface area (Å²) >= 11 is 0. The molecular formula is C21H27NO3. The largest absolute Gasteiger partial charge is 0.497 e. The van der Waals surface area contributed by atoms with Gasteiger partial charge < -0.3 is 14.8 Å². The number of nitrogens with one attached hydrogen (secondary N) is 1. The Balaban J connectivity index is 2.16. The number of methoxy groups -OCH3 is 2. The molecule has 0 heterocycles. The summed E-state index contributed by atoms with van der Waals surface area (Å²) in [4.78, 5) is 12.3. The molecule has 2 aromatic rings. The maximum absolute atomic E-state index is 12.3. The predicted octanol–water partition coefficient (Wildman–Crippen LogP) is 3.60. The van der Waals surface area contributed by atoms with E-state index in [0.29, 0.717) is 6.54 Å². The quantitative estimate of drug-likeness (QED) is 0.745. The van der Waals surface area contributed by atoms with E-state index in [4.69, 9.17) is 9.47 Å². The lowest BCUT2D eigenvalue weighted by Gasteiger charge is -2.33. The first-order chi connectivity index (χ1) is 12.0. The van der Waals surface area contributed by atoms with Gasteiger partial charge in [0.25, 0.3) is 0 Å². The lowest BCUT2D eigenvalue weighted by Crippen LogP contribution is -2.48. The molecule has 0 saturated carbocycles. The van der Waals surface area contributed by atoms with Crippen LogP contribution in [0.1, 0.15) is 25.0 Å². The zero-order chi connectivity index (χ0) is 18.3. The van der Waals surface area contributed by atoms with E-state index >= 15 is 0 Å². The fourth-order valence-electron chi connectivity index (χ4n) is 2.82. The smallest absolute Gasteiger partial charge is 0.312 e. The number of hydrogen-bond acceptors (Lipinski definition) is 4. The molecule has 25 heavy (non-hydrogen) atoms. The normalized spacial score (nSPS) is 12.5. The Morgan fingerprint density at radius 3 is 2.20 bits per heavy atom. The Morgan fingerprint density at radius 1 is 1.00 bits per heavy atom. The minimum absolute atomic E-state index is 0.0615. The van der Waals surface area contributed by atoms with Gasteiger partial charge in [0.1, 0.15) is 5.75 Å². The first-order valence-corrected chi connectivity index (χ1v) is 8.46. The minimum Gasteiger partial charge on any atom is -0.497 e. The van der Waals surface area contributed by atoms with Crippen LogP contribution in [0.5, 0.6) is 5.75 Å². The van der Waals surface area contributed by atoms with Crippen LogP contribution < -0.4 is 10.1 Å². The molecule has 2 rings (SSSR count). The van der Waals surface area contributed by atoms with E-state index in [9.17, 15) is 4.79 Å². The van der Waals surface area contributed by atoms with Crippen LogP contribution in [0, 0.1) is 5.41 Å². The molecule has 2 aromatic carbocycles. The van der Waals surface area contributed by atoms with Gasteiger partial charge in [-0.2, -0.15) is 0 Å². The average molecular weight is 341 g/mol. The Hall–Kier alpha value is -2.33. The lowest BCUT2D eigenvalue weighted by atomic mass is 9.81.